The number of hydrogen-bond acceptors (Lipinski definition) is 3. The van der Waals surface area contributed by atoms with E-state index in [1.807, 2.05) is 12.1 Å². The third-order valence-electron chi connectivity index (χ3n) is 3.82. The summed E-state index contributed by atoms with van der Waals surface area (Å²) in [5.41, 5.74) is -0.499. The molecule has 3 N–H and O–H groups in total. The SMILES string of the molecule is O=C(Nc1cccc(O)c1)C(O)(c1ccccc1)c1ccccc1. The van der Waals surface area contributed by atoms with E-state index in [9.17, 15) is 15.0 Å². The quantitative estimate of drug-likeness (QED) is 0.691. The summed E-state index contributed by atoms with van der Waals surface area (Å²) in [6.45, 7) is 0. The van der Waals surface area contributed by atoms with Crippen LogP contribution in [0.5, 0.6) is 5.75 Å². The Hall–Kier alpha value is -3.11. The van der Waals surface area contributed by atoms with Gasteiger partial charge < -0.3 is 15.5 Å². The van der Waals surface area contributed by atoms with Gasteiger partial charge in [-0.15, -0.1) is 0 Å². The number of carbonyl (C=O) groups excluding carboxylic acids is 1. The fourth-order valence-corrected chi connectivity index (χ4v) is 2.59. The second-order valence-electron chi connectivity index (χ2n) is 5.45. The Kier molecular flexibility index (Phi) is 4.31. The summed E-state index contributed by atoms with van der Waals surface area (Å²) in [6, 6.07) is 23.7. The van der Waals surface area contributed by atoms with Crippen LogP contribution in [0.4, 0.5) is 5.69 Å². The highest BCUT2D eigenvalue weighted by Gasteiger charge is 2.39. The number of amides is 1. The van der Waals surface area contributed by atoms with Crippen molar-refractivity contribution in [2.45, 2.75) is 5.60 Å². The van der Waals surface area contributed by atoms with E-state index < -0.39 is 11.5 Å². The minimum Gasteiger partial charge on any atom is -0.508 e. The molecule has 3 rings (SSSR count). The second-order valence-corrected chi connectivity index (χ2v) is 5.45. The van der Waals surface area contributed by atoms with Gasteiger partial charge in [-0.25, -0.2) is 0 Å². The van der Waals surface area contributed by atoms with Crippen LogP contribution in [0.2, 0.25) is 0 Å². The van der Waals surface area contributed by atoms with Crippen LogP contribution in [0.1, 0.15) is 11.1 Å². The van der Waals surface area contributed by atoms with Crippen molar-refractivity contribution >= 4 is 11.6 Å². The van der Waals surface area contributed by atoms with Crippen molar-refractivity contribution < 1.29 is 15.0 Å². The molecule has 4 nitrogen and oxygen atoms in total. The molecule has 0 bridgehead atoms. The van der Waals surface area contributed by atoms with E-state index in [0.717, 1.165) is 0 Å². The first kappa shape index (κ1) is 15.8. The Labute approximate surface area is 140 Å². The average molecular weight is 319 g/mol. The molecule has 3 aromatic rings. The van der Waals surface area contributed by atoms with Crippen molar-refractivity contribution in [2.24, 2.45) is 0 Å². The van der Waals surface area contributed by atoms with Crippen molar-refractivity contribution in [3.05, 3.63) is 96.1 Å². The summed E-state index contributed by atoms with van der Waals surface area (Å²) in [6.07, 6.45) is 0. The molecule has 0 unspecified atom stereocenters. The van der Waals surface area contributed by atoms with Gasteiger partial charge in [0, 0.05) is 11.8 Å². The fraction of sp³-hybridized carbons (Fsp3) is 0.0500. The summed E-state index contributed by atoms with van der Waals surface area (Å²) >= 11 is 0. The first-order chi connectivity index (χ1) is 11.6. The summed E-state index contributed by atoms with van der Waals surface area (Å²) in [5, 5.41) is 23.5. The monoisotopic (exact) mass is 319 g/mol. The maximum absolute atomic E-state index is 12.9. The minimum atomic E-state index is -1.84. The maximum Gasteiger partial charge on any atom is 0.265 e. The van der Waals surface area contributed by atoms with Gasteiger partial charge >= 0.3 is 0 Å². The van der Waals surface area contributed by atoms with Gasteiger partial charge in [0.2, 0.25) is 0 Å². The number of phenols is 1. The molecule has 0 saturated carbocycles. The predicted octanol–water partition coefficient (Wildman–Crippen LogP) is 3.27. The number of rotatable bonds is 4. The Morgan fingerprint density at radius 3 is 1.83 bits per heavy atom. The van der Waals surface area contributed by atoms with Crippen molar-refractivity contribution in [1.82, 2.24) is 0 Å². The van der Waals surface area contributed by atoms with Crippen LogP contribution in [0.25, 0.3) is 0 Å². The zero-order chi connectivity index (χ0) is 17.0. The van der Waals surface area contributed by atoms with Gasteiger partial charge in [-0.05, 0) is 23.3 Å². The molecule has 0 aromatic heterocycles. The topological polar surface area (TPSA) is 69.6 Å². The largest absolute Gasteiger partial charge is 0.508 e. The van der Waals surface area contributed by atoms with Gasteiger partial charge in [0.05, 0.1) is 0 Å². The molecule has 0 spiro atoms. The van der Waals surface area contributed by atoms with Crippen LogP contribution in [0.15, 0.2) is 84.9 Å². The molecule has 24 heavy (non-hydrogen) atoms. The van der Waals surface area contributed by atoms with Gasteiger partial charge in [-0.2, -0.15) is 0 Å². The Morgan fingerprint density at radius 2 is 1.33 bits per heavy atom. The van der Waals surface area contributed by atoms with Gasteiger partial charge in [-0.3, -0.25) is 4.79 Å². The zero-order valence-electron chi connectivity index (χ0n) is 12.9. The van der Waals surface area contributed by atoms with Crippen molar-refractivity contribution in [2.75, 3.05) is 5.32 Å². The first-order valence-corrected chi connectivity index (χ1v) is 7.54. The molecule has 0 fully saturated rings. The van der Waals surface area contributed by atoms with E-state index in [1.165, 1.54) is 12.1 Å². The van der Waals surface area contributed by atoms with E-state index in [4.69, 9.17) is 0 Å². The number of hydrogen-bond donors (Lipinski definition) is 3. The highest BCUT2D eigenvalue weighted by atomic mass is 16.3. The fourth-order valence-electron chi connectivity index (χ4n) is 2.59. The predicted molar refractivity (Wildman–Crippen MR) is 92.6 cm³/mol. The van der Waals surface area contributed by atoms with Crippen LogP contribution in [-0.4, -0.2) is 16.1 Å². The minimum absolute atomic E-state index is 0.0377. The third kappa shape index (κ3) is 3.00. The molecule has 120 valence electrons. The van der Waals surface area contributed by atoms with Gasteiger partial charge in [0.25, 0.3) is 5.91 Å². The van der Waals surface area contributed by atoms with Crippen molar-refractivity contribution in [1.29, 1.82) is 0 Å². The Bertz CT molecular complexity index is 792. The molecule has 0 heterocycles. The average Bonchev–Trinajstić information content (AvgIpc) is 2.62. The van der Waals surface area contributed by atoms with Crippen LogP contribution < -0.4 is 5.32 Å². The van der Waals surface area contributed by atoms with Crippen molar-refractivity contribution in [3.63, 3.8) is 0 Å². The molecular weight excluding hydrogens is 302 g/mol. The Morgan fingerprint density at radius 1 is 0.792 bits per heavy atom. The lowest BCUT2D eigenvalue weighted by Crippen LogP contribution is -2.41. The summed E-state index contributed by atoms with van der Waals surface area (Å²) in [7, 11) is 0. The maximum atomic E-state index is 12.9. The summed E-state index contributed by atoms with van der Waals surface area (Å²) in [5.74, 6) is -0.554. The number of nitrogens with one attached hydrogen (secondary N) is 1. The normalized spacial score (nSPS) is 11.0. The van der Waals surface area contributed by atoms with E-state index in [-0.39, 0.29) is 5.75 Å². The van der Waals surface area contributed by atoms with Crippen LogP contribution in [0.3, 0.4) is 0 Å². The van der Waals surface area contributed by atoms with Crippen LogP contribution in [-0.2, 0) is 10.4 Å². The third-order valence-corrected chi connectivity index (χ3v) is 3.82. The zero-order valence-corrected chi connectivity index (χ0v) is 12.9. The molecule has 0 radical (unpaired) electrons. The van der Waals surface area contributed by atoms with Crippen LogP contribution >= 0.6 is 0 Å². The lowest BCUT2D eigenvalue weighted by atomic mass is 9.85. The van der Waals surface area contributed by atoms with E-state index >= 15 is 0 Å². The Balaban J connectivity index is 2.03. The number of aliphatic hydroxyl groups is 1. The summed E-state index contributed by atoms with van der Waals surface area (Å²) < 4.78 is 0. The van der Waals surface area contributed by atoms with Crippen molar-refractivity contribution in [3.8, 4) is 5.75 Å². The molecular formula is C20H17NO3. The standard InChI is InChI=1S/C20H17NO3/c22-18-13-7-12-17(14-18)21-19(23)20(24,15-8-3-1-4-9-15)16-10-5-2-6-11-16/h1-14,22,24H,(H,21,23). The van der Waals surface area contributed by atoms with Gasteiger partial charge in [0.1, 0.15) is 5.75 Å². The molecule has 3 aromatic carbocycles. The van der Waals surface area contributed by atoms with Crippen LogP contribution in [0, 0.1) is 0 Å². The number of carbonyl (C=O) groups is 1. The molecule has 4 heteroatoms. The van der Waals surface area contributed by atoms with E-state index in [1.54, 1.807) is 60.7 Å². The molecule has 0 saturated heterocycles. The van der Waals surface area contributed by atoms with Gasteiger partial charge in [0.15, 0.2) is 5.60 Å². The number of phenolic OH excluding ortho intramolecular Hbond substituents is 1. The molecule has 0 aliphatic carbocycles. The molecule has 0 aliphatic rings. The smallest absolute Gasteiger partial charge is 0.265 e. The number of anilines is 1. The highest BCUT2D eigenvalue weighted by Crippen LogP contribution is 2.31. The first-order valence-electron chi connectivity index (χ1n) is 7.54. The molecule has 0 atom stereocenters. The van der Waals surface area contributed by atoms with E-state index in [2.05, 4.69) is 5.32 Å². The van der Waals surface area contributed by atoms with E-state index in [0.29, 0.717) is 16.8 Å². The highest BCUT2D eigenvalue weighted by molar-refractivity contribution is 6.00. The number of aromatic hydroxyl groups is 1. The molecule has 0 aliphatic heterocycles. The lowest BCUT2D eigenvalue weighted by molar-refractivity contribution is -0.131. The summed E-state index contributed by atoms with van der Waals surface area (Å²) in [4.78, 5) is 12.9. The molecule has 1 amide bonds. The lowest BCUT2D eigenvalue weighted by Gasteiger charge is -2.28. The van der Waals surface area contributed by atoms with Gasteiger partial charge in [-0.1, -0.05) is 66.7 Å². The second kappa shape index (κ2) is 6.56. The number of benzene rings is 3.